The smallest absolute Gasteiger partial charge is 0.261 e. The molecule has 6 nitrogen and oxygen atoms in total. The Morgan fingerprint density at radius 2 is 1.72 bits per heavy atom. The molecule has 1 fully saturated rings. The number of likely N-dealkylation sites (N-methyl/N-ethyl adjacent to an activating group) is 1. The number of nitrogens with one attached hydrogen (secondary N) is 1. The van der Waals surface area contributed by atoms with Crippen molar-refractivity contribution in [3.8, 4) is 11.3 Å². The number of carbonyl (C=O) groups is 1. The molecule has 1 saturated heterocycles. The number of aromatic nitrogens is 1. The highest BCUT2D eigenvalue weighted by Gasteiger charge is 2.22. The van der Waals surface area contributed by atoms with Crippen molar-refractivity contribution in [2.24, 2.45) is 0 Å². The van der Waals surface area contributed by atoms with Gasteiger partial charge in [-0.25, -0.2) is 0 Å². The van der Waals surface area contributed by atoms with Crippen LogP contribution in [0.1, 0.15) is 23.0 Å². The molecule has 1 amide bonds. The number of amides is 1. The summed E-state index contributed by atoms with van der Waals surface area (Å²) in [7, 11) is 0. The van der Waals surface area contributed by atoms with E-state index in [1.54, 1.807) is 6.92 Å². The molecule has 0 saturated carbocycles. The van der Waals surface area contributed by atoms with Crippen LogP contribution in [0.5, 0.6) is 0 Å². The second kappa shape index (κ2) is 8.49. The first-order chi connectivity index (χ1) is 14.2. The molecule has 0 unspecified atom stereocenters. The summed E-state index contributed by atoms with van der Waals surface area (Å²) in [5.74, 6) is 0.290. The van der Waals surface area contributed by atoms with E-state index in [0.717, 1.165) is 44.0 Å². The van der Waals surface area contributed by atoms with Crippen LogP contribution in [-0.4, -0.2) is 48.7 Å². The van der Waals surface area contributed by atoms with Crippen LogP contribution in [0.25, 0.3) is 11.3 Å². The van der Waals surface area contributed by atoms with Crippen LogP contribution in [0.15, 0.2) is 59.1 Å². The molecule has 2 aromatic carbocycles. The first-order valence-electron chi connectivity index (χ1n) is 10.1. The van der Waals surface area contributed by atoms with Gasteiger partial charge in [-0.15, -0.1) is 0 Å². The summed E-state index contributed by atoms with van der Waals surface area (Å²) in [6, 6.07) is 17.6. The summed E-state index contributed by atoms with van der Waals surface area (Å²) >= 11 is 0. The molecular formula is C23H26N4O2. The van der Waals surface area contributed by atoms with Crippen molar-refractivity contribution >= 4 is 17.3 Å². The third-order valence-corrected chi connectivity index (χ3v) is 5.45. The number of hydrogen-bond acceptors (Lipinski definition) is 5. The standard InChI is InChI=1S/C23H26N4O2/c1-3-26-13-15-27(16-14-26)20-11-9-19(10-12-20)24-23(28)21-17(2)29-25-22(21)18-7-5-4-6-8-18/h4-12H,3,13-16H2,1-2H3,(H,24,28). The first-order valence-corrected chi connectivity index (χ1v) is 10.1. The third kappa shape index (κ3) is 4.17. The number of aryl methyl sites for hydroxylation is 1. The van der Waals surface area contributed by atoms with Crippen LogP contribution in [0.3, 0.4) is 0 Å². The molecule has 1 aliphatic heterocycles. The lowest BCUT2D eigenvalue weighted by atomic mass is 10.1. The van der Waals surface area contributed by atoms with E-state index < -0.39 is 0 Å². The fraction of sp³-hybridized carbons (Fsp3) is 0.304. The second-order valence-electron chi connectivity index (χ2n) is 7.25. The Balaban J connectivity index is 1.47. The molecule has 2 heterocycles. The summed E-state index contributed by atoms with van der Waals surface area (Å²) < 4.78 is 5.30. The average molecular weight is 390 g/mol. The quantitative estimate of drug-likeness (QED) is 0.712. The Bertz CT molecular complexity index is 958. The van der Waals surface area contributed by atoms with Gasteiger partial charge in [0.2, 0.25) is 0 Å². The van der Waals surface area contributed by atoms with Crippen molar-refractivity contribution in [3.05, 3.63) is 65.9 Å². The molecule has 4 rings (SSSR count). The van der Waals surface area contributed by atoms with E-state index in [-0.39, 0.29) is 5.91 Å². The Kier molecular flexibility index (Phi) is 5.62. The minimum Gasteiger partial charge on any atom is -0.369 e. The van der Waals surface area contributed by atoms with E-state index in [2.05, 4.69) is 39.3 Å². The Morgan fingerprint density at radius 1 is 1.03 bits per heavy atom. The SMILES string of the molecule is CCN1CCN(c2ccc(NC(=O)c3c(-c4ccccc4)noc3C)cc2)CC1. The lowest BCUT2D eigenvalue weighted by Crippen LogP contribution is -2.46. The molecule has 1 aliphatic rings. The van der Waals surface area contributed by atoms with Gasteiger partial charge in [0, 0.05) is 43.1 Å². The minimum atomic E-state index is -0.216. The molecule has 1 N–H and O–H groups in total. The van der Waals surface area contributed by atoms with Crippen molar-refractivity contribution in [1.29, 1.82) is 0 Å². The average Bonchev–Trinajstić information content (AvgIpc) is 3.16. The molecule has 150 valence electrons. The van der Waals surface area contributed by atoms with E-state index in [0.29, 0.717) is 17.0 Å². The number of hydrogen-bond donors (Lipinski definition) is 1. The maximum Gasteiger partial charge on any atom is 0.261 e. The molecule has 29 heavy (non-hydrogen) atoms. The molecule has 6 heteroatoms. The van der Waals surface area contributed by atoms with Gasteiger partial charge in [0.25, 0.3) is 5.91 Å². The molecule has 0 radical (unpaired) electrons. The van der Waals surface area contributed by atoms with E-state index in [1.165, 1.54) is 5.69 Å². The van der Waals surface area contributed by atoms with Crippen molar-refractivity contribution < 1.29 is 9.32 Å². The maximum atomic E-state index is 12.9. The predicted octanol–water partition coefficient (Wildman–Crippen LogP) is 4.04. The van der Waals surface area contributed by atoms with E-state index in [9.17, 15) is 4.79 Å². The molecular weight excluding hydrogens is 364 g/mol. The van der Waals surface area contributed by atoms with Gasteiger partial charge in [-0.3, -0.25) is 4.79 Å². The highest BCUT2D eigenvalue weighted by atomic mass is 16.5. The number of nitrogens with zero attached hydrogens (tertiary/aromatic N) is 3. The second-order valence-corrected chi connectivity index (χ2v) is 7.25. The summed E-state index contributed by atoms with van der Waals surface area (Å²) in [4.78, 5) is 17.8. The lowest BCUT2D eigenvalue weighted by Gasteiger charge is -2.35. The largest absolute Gasteiger partial charge is 0.369 e. The summed E-state index contributed by atoms with van der Waals surface area (Å²) in [5.41, 5.74) is 3.83. The summed E-state index contributed by atoms with van der Waals surface area (Å²) in [6.45, 7) is 9.29. The molecule has 0 aliphatic carbocycles. The first kappa shape index (κ1) is 19.2. The van der Waals surface area contributed by atoms with Crippen molar-refractivity contribution in [2.75, 3.05) is 42.9 Å². The zero-order valence-electron chi connectivity index (χ0n) is 16.9. The van der Waals surface area contributed by atoms with Crippen LogP contribution in [0.4, 0.5) is 11.4 Å². The lowest BCUT2D eigenvalue weighted by molar-refractivity contribution is 0.102. The third-order valence-electron chi connectivity index (χ3n) is 5.45. The van der Waals surface area contributed by atoms with Gasteiger partial charge in [-0.05, 0) is 37.7 Å². The van der Waals surface area contributed by atoms with Gasteiger partial charge >= 0.3 is 0 Å². The highest BCUT2D eigenvalue weighted by Crippen LogP contribution is 2.26. The summed E-state index contributed by atoms with van der Waals surface area (Å²) in [6.07, 6.45) is 0. The Morgan fingerprint density at radius 3 is 2.38 bits per heavy atom. The zero-order chi connectivity index (χ0) is 20.2. The topological polar surface area (TPSA) is 61.6 Å². The highest BCUT2D eigenvalue weighted by molar-refractivity contribution is 6.08. The Hall–Kier alpha value is -3.12. The van der Waals surface area contributed by atoms with Crippen molar-refractivity contribution in [1.82, 2.24) is 10.1 Å². The number of rotatable bonds is 5. The molecule has 0 bridgehead atoms. The van der Waals surface area contributed by atoms with Crippen LogP contribution in [0.2, 0.25) is 0 Å². The number of benzene rings is 2. The van der Waals surface area contributed by atoms with Crippen LogP contribution >= 0.6 is 0 Å². The van der Waals surface area contributed by atoms with Gasteiger partial charge in [-0.1, -0.05) is 42.4 Å². The van der Waals surface area contributed by atoms with E-state index in [1.807, 2.05) is 42.5 Å². The molecule has 3 aromatic rings. The normalized spacial score (nSPS) is 14.8. The number of carbonyl (C=O) groups excluding carboxylic acids is 1. The summed E-state index contributed by atoms with van der Waals surface area (Å²) in [5, 5.41) is 7.07. The van der Waals surface area contributed by atoms with Gasteiger partial charge in [0.05, 0.1) is 0 Å². The van der Waals surface area contributed by atoms with E-state index >= 15 is 0 Å². The van der Waals surface area contributed by atoms with Gasteiger partial charge < -0.3 is 19.6 Å². The minimum absolute atomic E-state index is 0.216. The zero-order valence-corrected chi connectivity index (χ0v) is 16.9. The van der Waals surface area contributed by atoms with Crippen molar-refractivity contribution in [3.63, 3.8) is 0 Å². The van der Waals surface area contributed by atoms with Gasteiger partial charge in [0.15, 0.2) is 0 Å². The van der Waals surface area contributed by atoms with Crippen LogP contribution < -0.4 is 10.2 Å². The monoisotopic (exact) mass is 390 g/mol. The molecule has 0 atom stereocenters. The van der Waals surface area contributed by atoms with Crippen LogP contribution in [0, 0.1) is 6.92 Å². The number of anilines is 2. The van der Waals surface area contributed by atoms with E-state index in [4.69, 9.17) is 4.52 Å². The Labute approximate surface area is 171 Å². The fourth-order valence-corrected chi connectivity index (χ4v) is 3.70. The maximum absolute atomic E-state index is 12.9. The predicted molar refractivity (Wildman–Crippen MR) is 115 cm³/mol. The molecule has 1 aromatic heterocycles. The fourth-order valence-electron chi connectivity index (χ4n) is 3.70. The number of piperazine rings is 1. The van der Waals surface area contributed by atoms with Gasteiger partial charge in [-0.2, -0.15) is 0 Å². The van der Waals surface area contributed by atoms with Crippen molar-refractivity contribution in [2.45, 2.75) is 13.8 Å². The van der Waals surface area contributed by atoms with Crippen LogP contribution in [-0.2, 0) is 0 Å². The van der Waals surface area contributed by atoms with Gasteiger partial charge in [0.1, 0.15) is 17.0 Å². The molecule has 0 spiro atoms.